The van der Waals surface area contributed by atoms with Crippen LogP contribution >= 0.6 is 0 Å². The lowest BCUT2D eigenvalue weighted by atomic mass is 10.2. The van der Waals surface area contributed by atoms with Gasteiger partial charge in [-0.15, -0.1) is 0 Å². The summed E-state index contributed by atoms with van der Waals surface area (Å²) in [5, 5.41) is 3.48. The fourth-order valence-electron chi connectivity index (χ4n) is 2.61. The van der Waals surface area contributed by atoms with E-state index in [0.29, 0.717) is 0 Å². The monoisotopic (exact) mass is 276 g/mol. The van der Waals surface area contributed by atoms with Crippen molar-refractivity contribution in [3.8, 4) is 5.75 Å². The van der Waals surface area contributed by atoms with Gasteiger partial charge in [0.1, 0.15) is 11.9 Å². The molecule has 1 aliphatic rings. The van der Waals surface area contributed by atoms with E-state index >= 15 is 0 Å². The number of rotatable bonds is 8. The Kier molecular flexibility index (Phi) is 6.19. The molecule has 3 heteroatoms. The van der Waals surface area contributed by atoms with E-state index < -0.39 is 0 Å². The van der Waals surface area contributed by atoms with Gasteiger partial charge in [-0.2, -0.15) is 0 Å². The van der Waals surface area contributed by atoms with Crippen LogP contribution in [0.1, 0.15) is 39.5 Å². The molecule has 1 atom stereocenters. The quantitative estimate of drug-likeness (QED) is 0.782. The fraction of sp³-hybridized carbons (Fsp3) is 0.647. The topological polar surface area (TPSA) is 24.5 Å². The van der Waals surface area contributed by atoms with Crippen LogP contribution in [0.25, 0.3) is 0 Å². The second-order valence-electron chi connectivity index (χ2n) is 5.62. The van der Waals surface area contributed by atoms with Gasteiger partial charge in [-0.25, -0.2) is 0 Å². The summed E-state index contributed by atoms with van der Waals surface area (Å²) in [6.07, 6.45) is 5.34. The number of ether oxygens (including phenoxy) is 1. The maximum atomic E-state index is 6.12. The zero-order valence-electron chi connectivity index (χ0n) is 12.9. The van der Waals surface area contributed by atoms with Crippen LogP contribution in [0, 0.1) is 0 Å². The van der Waals surface area contributed by atoms with Crippen molar-refractivity contribution >= 4 is 5.69 Å². The third-order valence-corrected chi connectivity index (χ3v) is 3.82. The van der Waals surface area contributed by atoms with Crippen molar-refractivity contribution in [2.45, 2.75) is 45.6 Å². The van der Waals surface area contributed by atoms with E-state index in [2.05, 4.69) is 36.2 Å². The minimum absolute atomic E-state index is 0.263. The van der Waals surface area contributed by atoms with Crippen LogP contribution in [0.15, 0.2) is 24.3 Å². The smallest absolute Gasteiger partial charge is 0.142 e. The van der Waals surface area contributed by atoms with Gasteiger partial charge in [-0.3, -0.25) is 4.90 Å². The maximum Gasteiger partial charge on any atom is 0.142 e. The summed E-state index contributed by atoms with van der Waals surface area (Å²) in [6.45, 7) is 8.84. The number of fused-ring (bicyclic) bond motifs is 1. The predicted molar refractivity (Wildman–Crippen MR) is 85.6 cm³/mol. The van der Waals surface area contributed by atoms with Gasteiger partial charge in [0.2, 0.25) is 0 Å². The molecule has 0 radical (unpaired) electrons. The number of anilines is 1. The van der Waals surface area contributed by atoms with Crippen LogP contribution in [0.4, 0.5) is 5.69 Å². The fourth-order valence-corrected chi connectivity index (χ4v) is 2.61. The molecule has 112 valence electrons. The van der Waals surface area contributed by atoms with Gasteiger partial charge in [0.25, 0.3) is 0 Å². The molecule has 2 rings (SSSR count). The Labute approximate surface area is 123 Å². The summed E-state index contributed by atoms with van der Waals surface area (Å²) in [5.74, 6) is 0.995. The molecule has 1 N–H and O–H groups in total. The van der Waals surface area contributed by atoms with E-state index in [0.717, 1.165) is 24.5 Å². The van der Waals surface area contributed by atoms with Crippen molar-refractivity contribution in [2.24, 2.45) is 0 Å². The molecule has 0 aromatic heterocycles. The minimum atomic E-state index is 0.263. The minimum Gasteiger partial charge on any atom is -0.485 e. The SMILES string of the molecule is CCCCN(CCCC)CC1CNc2ccccc2O1. The highest BCUT2D eigenvalue weighted by atomic mass is 16.5. The van der Waals surface area contributed by atoms with E-state index in [-0.39, 0.29) is 6.10 Å². The lowest BCUT2D eigenvalue weighted by molar-refractivity contribution is 0.133. The number of benzene rings is 1. The zero-order valence-corrected chi connectivity index (χ0v) is 12.9. The molecule has 0 fully saturated rings. The average molecular weight is 276 g/mol. The third kappa shape index (κ3) is 4.41. The average Bonchev–Trinajstić information content (AvgIpc) is 2.50. The Balaban J connectivity index is 1.87. The standard InChI is InChI=1S/C17H28N2O/c1-3-5-11-19(12-6-4-2)14-15-13-18-16-9-7-8-10-17(16)20-15/h7-10,15,18H,3-6,11-14H2,1-2H3. The molecule has 20 heavy (non-hydrogen) atoms. The lowest BCUT2D eigenvalue weighted by Gasteiger charge is -2.32. The number of unbranched alkanes of at least 4 members (excludes halogenated alkanes) is 2. The van der Waals surface area contributed by atoms with Gasteiger partial charge < -0.3 is 10.1 Å². The molecule has 0 spiro atoms. The van der Waals surface area contributed by atoms with Gasteiger partial charge in [0, 0.05) is 6.54 Å². The first-order valence-electron chi connectivity index (χ1n) is 8.05. The van der Waals surface area contributed by atoms with Crippen LogP contribution < -0.4 is 10.1 Å². The van der Waals surface area contributed by atoms with Crippen LogP contribution in [0.3, 0.4) is 0 Å². The van der Waals surface area contributed by atoms with Crippen molar-refractivity contribution in [3.63, 3.8) is 0 Å². The molecule has 1 aliphatic heterocycles. The summed E-state index contributed by atoms with van der Waals surface area (Å²) in [6, 6.07) is 8.22. The predicted octanol–water partition coefficient (Wildman–Crippen LogP) is 3.76. The highest BCUT2D eigenvalue weighted by Gasteiger charge is 2.21. The summed E-state index contributed by atoms with van der Waals surface area (Å²) < 4.78 is 6.12. The molecule has 1 aromatic rings. The first-order valence-corrected chi connectivity index (χ1v) is 8.05. The Morgan fingerprint density at radius 3 is 2.55 bits per heavy atom. The maximum absolute atomic E-state index is 6.12. The van der Waals surface area contributed by atoms with E-state index in [4.69, 9.17) is 4.74 Å². The summed E-state index contributed by atoms with van der Waals surface area (Å²) in [4.78, 5) is 2.56. The summed E-state index contributed by atoms with van der Waals surface area (Å²) >= 11 is 0. The molecule has 0 saturated carbocycles. The highest BCUT2D eigenvalue weighted by Crippen LogP contribution is 2.28. The Hall–Kier alpha value is -1.22. The number of hydrogen-bond donors (Lipinski definition) is 1. The molecule has 1 unspecified atom stereocenters. The molecular weight excluding hydrogens is 248 g/mol. The number of nitrogens with zero attached hydrogens (tertiary/aromatic N) is 1. The molecular formula is C17H28N2O. The molecule has 1 heterocycles. The van der Waals surface area contributed by atoms with Gasteiger partial charge in [-0.05, 0) is 38.1 Å². The largest absolute Gasteiger partial charge is 0.485 e. The van der Waals surface area contributed by atoms with Crippen molar-refractivity contribution in [1.29, 1.82) is 0 Å². The second kappa shape index (κ2) is 8.15. The number of nitrogens with one attached hydrogen (secondary N) is 1. The van der Waals surface area contributed by atoms with E-state index in [1.165, 1.54) is 38.8 Å². The molecule has 0 amide bonds. The molecule has 1 aromatic carbocycles. The number of hydrogen-bond acceptors (Lipinski definition) is 3. The van der Waals surface area contributed by atoms with E-state index in [9.17, 15) is 0 Å². The first-order chi connectivity index (χ1) is 9.83. The van der Waals surface area contributed by atoms with Gasteiger partial charge in [0.05, 0.1) is 12.2 Å². The van der Waals surface area contributed by atoms with E-state index in [1.54, 1.807) is 0 Å². The third-order valence-electron chi connectivity index (χ3n) is 3.82. The van der Waals surface area contributed by atoms with Gasteiger partial charge in [-0.1, -0.05) is 38.8 Å². The second-order valence-corrected chi connectivity index (χ2v) is 5.62. The summed E-state index contributed by atoms with van der Waals surface area (Å²) in [7, 11) is 0. The Morgan fingerprint density at radius 1 is 1.15 bits per heavy atom. The Morgan fingerprint density at radius 2 is 1.85 bits per heavy atom. The van der Waals surface area contributed by atoms with Gasteiger partial charge in [0.15, 0.2) is 0 Å². The molecule has 0 bridgehead atoms. The van der Waals surface area contributed by atoms with Gasteiger partial charge >= 0.3 is 0 Å². The number of para-hydroxylation sites is 2. The van der Waals surface area contributed by atoms with Crippen molar-refractivity contribution in [3.05, 3.63) is 24.3 Å². The van der Waals surface area contributed by atoms with Crippen LogP contribution in [-0.4, -0.2) is 37.2 Å². The summed E-state index contributed by atoms with van der Waals surface area (Å²) in [5.41, 5.74) is 1.12. The van der Waals surface area contributed by atoms with Crippen molar-refractivity contribution in [1.82, 2.24) is 4.90 Å². The molecule has 3 nitrogen and oxygen atoms in total. The van der Waals surface area contributed by atoms with Crippen LogP contribution in [0.5, 0.6) is 5.75 Å². The molecule has 0 aliphatic carbocycles. The molecule has 0 saturated heterocycles. The van der Waals surface area contributed by atoms with Crippen LogP contribution in [0.2, 0.25) is 0 Å². The van der Waals surface area contributed by atoms with E-state index in [1.807, 2.05) is 12.1 Å². The van der Waals surface area contributed by atoms with Crippen molar-refractivity contribution in [2.75, 3.05) is 31.5 Å². The normalized spacial score (nSPS) is 17.4. The van der Waals surface area contributed by atoms with Crippen molar-refractivity contribution < 1.29 is 4.74 Å². The highest BCUT2D eigenvalue weighted by molar-refractivity contribution is 5.57. The lowest BCUT2D eigenvalue weighted by Crippen LogP contribution is -2.42. The van der Waals surface area contributed by atoms with Crippen LogP contribution in [-0.2, 0) is 0 Å². The zero-order chi connectivity index (χ0) is 14.2. The first kappa shape index (κ1) is 15.2. The Bertz CT molecular complexity index is 386.